The molecule has 16 heteroatoms. The molecule has 1 heterocycles. The number of halogens is 2. The molecule has 0 radical (unpaired) electrons. The quantitative estimate of drug-likeness (QED) is 0.137. The molecule has 1 aliphatic heterocycles. The van der Waals surface area contributed by atoms with Gasteiger partial charge in [0.2, 0.25) is 5.91 Å². The van der Waals surface area contributed by atoms with Gasteiger partial charge in [0.1, 0.15) is 0 Å². The SMILES string of the molecule is N[C@@H](Cc1ccc(N(CCCl)CCCl)cc1)C(=O)N1CCN(CCC(O)(P(=O)(O)O)P(=O)(O)O)CC1. The van der Waals surface area contributed by atoms with Crippen LogP contribution < -0.4 is 10.6 Å². The number of alkyl halides is 2. The molecule has 2 rings (SSSR count). The Morgan fingerprint density at radius 2 is 1.50 bits per heavy atom. The summed E-state index contributed by atoms with van der Waals surface area (Å²) in [5, 5.41) is 6.57. The molecule has 0 unspecified atom stereocenters. The molecule has 1 aliphatic rings. The van der Waals surface area contributed by atoms with Crippen molar-refractivity contribution in [2.45, 2.75) is 24.0 Å². The second kappa shape index (κ2) is 13.4. The third kappa shape index (κ3) is 8.12. The van der Waals surface area contributed by atoms with Crippen molar-refractivity contribution in [3.63, 3.8) is 0 Å². The van der Waals surface area contributed by atoms with Gasteiger partial charge in [-0.15, -0.1) is 23.2 Å². The number of anilines is 1. The average molecular weight is 591 g/mol. The molecule has 36 heavy (non-hydrogen) atoms. The number of benzene rings is 1. The van der Waals surface area contributed by atoms with Gasteiger partial charge in [0.15, 0.2) is 0 Å². The van der Waals surface area contributed by atoms with E-state index in [0.717, 1.165) is 11.3 Å². The lowest BCUT2D eigenvalue weighted by molar-refractivity contribution is -0.134. The van der Waals surface area contributed by atoms with E-state index < -0.39 is 32.7 Å². The normalized spacial score (nSPS) is 16.7. The van der Waals surface area contributed by atoms with E-state index >= 15 is 0 Å². The lowest BCUT2D eigenvalue weighted by Gasteiger charge is -2.37. The Hall–Kier alpha value is -0.750. The Kier molecular flexibility index (Phi) is 11.7. The highest BCUT2D eigenvalue weighted by Crippen LogP contribution is 2.68. The van der Waals surface area contributed by atoms with Crippen LogP contribution in [0.1, 0.15) is 12.0 Å². The molecule has 1 fully saturated rings. The van der Waals surface area contributed by atoms with Crippen molar-refractivity contribution in [2.24, 2.45) is 5.73 Å². The van der Waals surface area contributed by atoms with Gasteiger partial charge in [0.05, 0.1) is 6.04 Å². The fourth-order valence-corrected chi connectivity index (χ4v) is 6.50. The van der Waals surface area contributed by atoms with E-state index in [9.17, 15) is 38.6 Å². The number of rotatable bonds is 13. The minimum atomic E-state index is -5.50. The van der Waals surface area contributed by atoms with Crippen LogP contribution in [0.2, 0.25) is 0 Å². The fraction of sp³-hybridized carbons (Fsp3) is 0.650. The molecule has 206 valence electrons. The largest absolute Gasteiger partial charge is 0.369 e. The zero-order valence-electron chi connectivity index (χ0n) is 19.7. The van der Waals surface area contributed by atoms with Crippen LogP contribution in [0.5, 0.6) is 0 Å². The van der Waals surface area contributed by atoms with E-state index in [0.29, 0.717) is 44.4 Å². The van der Waals surface area contributed by atoms with Gasteiger partial charge < -0.3 is 40.2 Å². The van der Waals surface area contributed by atoms with Gasteiger partial charge in [-0.3, -0.25) is 18.8 Å². The number of carbonyl (C=O) groups is 1. The monoisotopic (exact) mass is 590 g/mol. The Bertz CT molecular complexity index is 926. The molecule has 0 bridgehead atoms. The van der Waals surface area contributed by atoms with Gasteiger partial charge in [-0.05, 0) is 24.1 Å². The summed E-state index contributed by atoms with van der Waals surface area (Å²) in [7, 11) is -11.0. The molecule has 7 N–H and O–H groups in total. The Labute approximate surface area is 220 Å². The zero-order chi connectivity index (χ0) is 27.1. The van der Waals surface area contributed by atoms with Crippen molar-refractivity contribution < 1.29 is 38.6 Å². The minimum absolute atomic E-state index is 0.169. The molecule has 1 aromatic rings. The summed E-state index contributed by atoms with van der Waals surface area (Å²) in [6.07, 6.45) is -0.486. The molecular weight excluding hydrogens is 557 g/mol. The van der Waals surface area contributed by atoms with Gasteiger partial charge in [0.25, 0.3) is 5.08 Å². The molecule has 1 aromatic carbocycles. The fourth-order valence-electron chi connectivity index (χ4n) is 3.95. The first-order valence-electron chi connectivity index (χ1n) is 11.3. The highest BCUT2D eigenvalue weighted by molar-refractivity contribution is 7.72. The van der Waals surface area contributed by atoms with Crippen LogP contribution in [0.25, 0.3) is 0 Å². The molecule has 1 atom stereocenters. The predicted octanol–water partition coefficient (Wildman–Crippen LogP) is 0.376. The number of aliphatic hydroxyl groups is 1. The third-order valence-electron chi connectivity index (χ3n) is 6.16. The van der Waals surface area contributed by atoms with Crippen molar-refractivity contribution in [3.8, 4) is 0 Å². The predicted molar refractivity (Wildman–Crippen MR) is 138 cm³/mol. The number of piperazine rings is 1. The van der Waals surface area contributed by atoms with Crippen LogP contribution in [0, 0.1) is 0 Å². The summed E-state index contributed by atoms with van der Waals surface area (Å²) in [4.78, 5) is 55.2. The number of hydrogen-bond acceptors (Lipinski definition) is 7. The number of hydrogen-bond donors (Lipinski definition) is 6. The van der Waals surface area contributed by atoms with Crippen LogP contribution in [-0.2, 0) is 20.3 Å². The number of nitrogens with two attached hydrogens (primary N) is 1. The molecular formula is C20H34Cl2N4O8P2. The maximum atomic E-state index is 12.8. The van der Waals surface area contributed by atoms with Crippen LogP contribution >= 0.6 is 38.4 Å². The van der Waals surface area contributed by atoms with E-state index in [-0.39, 0.29) is 25.5 Å². The number of amides is 1. The highest BCUT2D eigenvalue weighted by Gasteiger charge is 2.59. The Balaban J connectivity index is 1.88. The highest BCUT2D eigenvalue weighted by atomic mass is 35.5. The summed E-state index contributed by atoms with van der Waals surface area (Å²) < 4.78 is 23.0. The topological polar surface area (TPSA) is 188 Å². The molecule has 1 saturated heterocycles. The molecule has 0 spiro atoms. The number of nitrogens with zero attached hydrogens (tertiary/aromatic N) is 3. The van der Waals surface area contributed by atoms with E-state index in [4.69, 9.17) is 28.9 Å². The van der Waals surface area contributed by atoms with E-state index in [1.54, 1.807) is 9.80 Å². The maximum Gasteiger partial charge on any atom is 0.369 e. The van der Waals surface area contributed by atoms with Crippen LogP contribution in [0.4, 0.5) is 5.69 Å². The van der Waals surface area contributed by atoms with Gasteiger partial charge in [-0.25, -0.2) is 0 Å². The minimum Gasteiger partial charge on any atom is -0.369 e. The van der Waals surface area contributed by atoms with Crippen molar-refractivity contribution in [2.75, 3.05) is 62.5 Å². The van der Waals surface area contributed by atoms with Crippen molar-refractivity contribution in [1.82, 2.24) is 9.80 Å². The van der Waals surface area contributed by atoms with E-state index in [2.05, 4.69) is 4.90 Å². The van der Waals surface area contributed by atoms with Gasteiger partial charge in [-0.2, -0.15) is 0 Å². The van der Waals surface area contributed by atoms with Crippen LogP contribution in [0.3, 0.4) is 0 Å². The third-order valence-corrected chi connectivity index (χ3v) is 10.4. The van der Waals surface area contributed by atoms with Gasteiger partial charge in [-0.1, -0.05) is 12.1 Å². The average Bonchev–Trinajstić information content (AvgIpc) is 2.81. The Morgan fingerprint density at radius 3 is 1.94 bits per heavy atom. The summed E-state index contributed by atoms with van der Waals surface area (Å²) in [5.41, 5.74) is 8.03. The summed E-state index contributed by atoms with van der Waals surface area (Å²) in [6, 6.07) is 6.90. The lowest BCUT2D eigenvalue weighted by atomic mass is 10.0. The first-order chi connectivity index (χ1) is 16.7. The maximum absolute atomic E-state index is 12.8. The first-order valence-corrected chi connectivity index (χ1v) is 15.6. The second-order valence-electron chi connectivity index (χ2n) is 8.62. The van der Waals surface area contributed by atoms with Crippen LogP contribution in [-0.4, -0.2) is 109 Å². The number of carbonyl (C=O) groups excluding carboxylic acids is 1. The van der Waals surface area contributed by atoms with Crippen molar-refractivity contribution in [3.05, 3.63) is 29.8 Å². The standard InChI is InChI=1S/C20H34Cl2N4O8P2/c21-6-9-25(10-7-22)17-3-1-16(2-4-17)15-18(23)19(27)26-13-11-24(12-14-26)8-5-20(28,35(29,30)31)36(32,33)34/h1-4,18,28H,5-15,23H2,(H2,29,30,31)(H2,32,33,34)/t18-/m0/s1. The van der Waals surface area contributed by atoms with Crippen molar-refractivity contribution in [1.29, 1.82) is 0 Å². The lowest BCUT2D eigenvalue weighted by Crippen LogP contribution is -2.54. The van der Waals surface area contributed by atoms with E-state index in [1.807, 2.05) is 24.3 Å². The molecule has 1 amide bonds. The second-order valence-corrected chi connectivity index (χ2v) is 13.4. The molecule has 0 saturated carbocycles. The molecule has 12 nitrogen and oxygen atoms in total. The van der Waals surface area contributed by atoms with Gasteiger partial charge in [0, 0.05) is 69.7 Å². The van der Waals surface area contributed by atoms with Crippen molar-refractivity contribution >= 4 is 50.0 Å². The van der Waals surface area contributed by atoms with Gasteiger partial charge >= 0.3 is 15.2 Å². The zero-order valence-corrected chi connectivity index (χ0v) is 23.0. The van der Waals surface area contributed by atoms with E-state index in [1.165, 1.54) is 0 Å². The first kappa shape index (κ1) is 31.5. The summed E-state index contributed by atoms with van der Waals surface area (Å²) in [6.45, 7) is 2.30. The van der Waals surface area contributed by atoms with Crippen LogP contribution in [0.15, 0.2) is 24.3 Å². The summed E-state index contributed by atoms with van der Waals surface area (Å²) >= 11 is 11.7. The smallest absolute Gasteiger partial charge is 0.369 e. The molecule has 0 aliphatic carbocycles. The summed E-state index contributed by atoms with van der Waals surface area (Å²) in [5.74, 6) is 0.700. The molecule has 0 aromatic heterocycles. The Morgan fingerprint density at radius 1 is 1.00 bits per heavy atom.